The van der Waals surface area contributed by atoms with Crippen molar-refractivity contribution in [2.45, 2.75) is 74.2 Å². The molecule has 56 heavy (non-hydrogen) atoms. The van der Waals surface area contributed by atoms with Crippen molar-refractivity contribution in [3.63, 3.8) is 0 Å². The molecule has 0 fully saturated rings. The maximum absolute atomic E-state index is 14.1. The zero-order chi connectivity index (χ0) is 39.3. The van der Waals surface area contributed by atoms with Gasteiger partial charge in [-0.05, 0) is 79.3 Å². The number of phenols is 1. The summed E-state index contributed by atoms with van der Waals surface area (Å²) in [6, 6.07) is 14.9. The molecular weight excluding hydrogens is 776 g/mol. The number of anilines is 1. The fourth-order valence-corrected chi connectivity index (χ4v) is 9.59. The number of phenolic OH excluding ortho intramolecular Hbond substituents is 1. The lowest BCUT2D eigenvalue weighted by Crippen LogP contribution is -2.29. The largest absolute Gasteiger partial charge is 0.507 e. The van der Waals surface area contributed by atoms with Crippen molar-refractivity contribution in [3.8, 4) is 23.1 Å². The van der Waals surface area contributed by atoms with Gasteiger partial charge < -0.3 is 29.3 Å². The second-order valence-electron chi connectivity index (χ2n) is 13.9. The van der Waals surface area contributed by atoms with Crippen LogP contribution in [0.3, 0.4) is 0 Å². The Kier molecular flexibility index (Phi) is 12.6. The molecule has 2 aromatic carbocycles. The number of methoxy groups -OCH3 is 1. The lowest BCUT2D eigenvalue weighted by atomic mass is 9.92. The maximum Gasteiger partial charge on any atom is 0.355 e. The molecule has 0 radical (unpaired) electrons. The van der Waals surface area contributed by atoms with Crippen molar-refractivity contribution >= 4 is 61.5 Å². The number of nitrogens with zero attached hydrogens (tertiary/aromatic N) is 4. The van der Waals surface area contributed by atoms with E-state index in [0.29, 0.717) is 67.9 Å². The molecule has 3 unspecified atom stereocenters. The topological polar surface area (TPSA) is 153 Å². The predicted octanol–water partition coefficient (Wildman–Crippen LogP) is 7.60. The van der Waals surface area contributed by atoms with Crippen LogP contribution in [-0.2, 0) is 16.0 Å². The summed E-state index contributed by atoms with van der Waals surface area (Å²) in [5.41, 5.74) is 2.03. The zero-order valence-corrected chi connectivity index (χ0v) is 33.5. The number of amides is 1. The number of rotatable bonds is 15. The van der Waals surface area contributed by atoms with Gasteiger partial charge in [-0.25, -0.2) is 9.78 Å². The molecule has 2 N–H and O–H groups in total. The highest BCUT2D eigenvalue weighted by atomic mass is 35.5. The molecule has 3 atom stereocenters. The van der Waals surface area contributed by atoms with Crippen LogP contribution >= 0.6 is 33.2 Å². The first-order valence-corrected chi connectivity index (χ1v) is 21.4. The summed E-state index contributed by atoms with van der Waals surface area (Å²) < 4.78 is 19.0. The smallest absolute Gasteiger partial charge is 0.355 e. The average Bonchev–Trinajstić information content (AvgIpc) is 3.64. The summed E-state index contributed by atoms with van der Waals surface area (Å²) in [5, 5.41) is 24.3. The molecule has 4 aliphatic rings. The number of esters is 1. The third-order valence-corrected chi connectivity index (χ3v) is 13.3. The molecule has 294 valence electrons. The third-order valence-electron chi connectivity index (χ3n) is 10.1. The van der Waals surface area contributed by atoms with Gasteiger partial charge in [0.2, 0.25) is 17.5 Å². The maximum atomic E-state index is 14.1. The quantitative estimate of drug-likeness (QED) is 0.0463. The van der Waals surface area contributed by atoms with Gasteiger partial charge in [0.05, 0.1) is 31.7 Å². The van der Waals surface area contributed by atoms with Crippen LogP contribution in [0.25, 0.3) is 16.5 Å². The summed E-state index contributed by atoms with van der Waals surface area (Å²) in [7, 11) is 4.35. The Morgan fingerprint density at radius 2 is 1.86 bits per heavy atom. The Morgan fingerprint density at radius 3 is 2.62 bits per heavy atom. The number of hydrogen-bond donors (Lipinski definition) is 2. The fraction of sp³-hybridized carbons (Fsp3) is 0.390. The zero-order valence-electron chi connectivity index (χ0n) is 31.1. The summed E-state index contributed by atoms with van der Waals surface area (Å²) >= 11 is 6.36. The molecule has 1 amide bonds. The van der Waals surface area contributed by atoms with Gasteiger partial charge in [0.15, 0.2) is 0 Å². The molecule has 7 rings (SSSR count). The van der Waals surface area contributed by atoms with E-state index in [1.165, 1.54) is 39.5 Å². The van der Waals surface area contributed by atoms with E-state index in [1.54, 1.807) is 17.2 Å². The van der Waals surface area contributed by atoms with Crippen molar-refractivity contribution in [2.75, 3.05) is 37.6 Å². The van der Waals surface area contributed by atoms with Gasteiger partial charge in [-0.2, -0.15) is 0 Å². The number of aromatic hydroxyl groups is 1. The van der Waals surface area contributed by atoms with Crippen molar-refractivity contribution in [2.24, 2.45) is 0 Å². The number of aromatic nitrogens is 3. The number of ether oxygens (including phenoxy) is 3. The van der Waals surface area contributed by atoms with Gasteiger partial charge in [0.25, 0.3) is 5.43 Å². The molecule has 0 bridgehead atoms. The van der Waals surface area contributed by atoms with E-state index in [2.05, 4.69) is 9.97 Å². The van der Waals surface area contributed by atoms with Gasteiger partial charge in [-0.15, -0.1) is 11.6 Å². The second kappa shape index (κ2) is 17.7. The second-order valence-corrected chi connectivity index (χ2v) is 16.9. The molecular formula is C41H43ClN4O8S2. The van der Waals surface area contributed by atoms with E-state index < -0.39 is 17.5 Å². The van der Waals surface area contributed by atoms with E-state index in [1.807, 2.05) is 49.4 Å². The Bertz CT molecular complexity index is 2260. The van der Waals surface area contributed by atoms with Crippen LogP contribution in [0, 0.1) is 0 Å². The highest BCUT2D eigenvalue weighted by Gasteiger charge is 2.36. The minimum absolute atomic E-state index is 0.0183. The Labute approximate surface area is 337 Å². The number of hydrogen-bond acceptors (Lipinski definition) is 12. The average molecular weight is 819 g/mol. The molecule has 3 aromatic rings. The first-order valence-electron chi connectivity index (χ1n) is 18.7. The van der Waals surface area contributed by atoms with Crippen LogP contribution in [0.4, 0.5) is 5.69 Å². The molecule has 0 saturated heterocycles. The Balaban J connectivity index is 1.05. The number of aliphatic hydroxyl groups is 1. The van der Waals surface area contributed by atoms with Crippen LogP contribution in [-0.4, -0.2) is 74.6 Å². The molecule has 1 aliphatic carbocycles. The number of halogens is 1. The SMILES string of the molecule is COc1c(OCCCCCC(=O)N2CC(CCl)c3c2cc(O)c2ccccc32)n2c(C(=O)OCC(C)SSc3ccccn3)c3c(ncc-2c1=O)CCCC3O. The summed E-state index contributed by atoms with van der Waals surface area (Å²) in [4.78, 5) is 51.9. The van der Waals surface area contributed by atoms with Crippen LogP contribution < -0.4 is 19.8 Å². The standard InChI is InChI=1S/C41H43ClN4O8S2/c1-24(55-56-33-15-7-8-17-43-33)23-54-41(51)37-36-28(13-10-14-31(36)47)44-21-30-38(50)39(52-2)40(46(30)37)53-18-9-3-4-16-34(49)45-22-25(20-42)35-27-12-6-5-11-26(27)32(48)19-29(35)45/h5-8,11-12,15,17,19,21,24-25,31,47-48H,3-4,9-10,13-14,16,18,20,22-23H2,1-2H3. The number of aryl methyl sites for hydroxylation is 1. The highest BCUT2D eigenvalue weighted by Crippen LogP contribution is 2.45. The number of fused-ring (bicyclic) bond motifs is 5. The summed E-state index contributed by atoms with van der Waals surface area (Å²) in [5.74, 6) is -0.410. The van der Waals surface area contributed by atoms with Crippen molar-refractivity contribution < 1.29 is 34.0 Å². The molecule has 0 saturated carbocycles. The third kappa shape index (κ3) is 8.02. The van der Waals surface area contributed by atoms with E-state index in [0.717, 1.165) is 21.4 Å². The van der Waals surface area contributed by atoms with Crippen molar-refractivity contribution in [1.29, 1.82) is 0 Å². The van der Waals surface area contributed by atoms with Gasteiger partial charge in [-0.1, -0.05) is 41.1 Å². The van der Waals surface area contributed by atoms with Crippen molar-refractivity contribution in [1.82, 2.24) is 14.5 Å². The molecule has 15 heteroatoms. The number of alkyl halides is 1. The highest BCUT2D eigenvalue weighted by molar-refractivity contribution is 8.76. The Morgan fingerprint density at radius 1 is 1.05 bits per heavy atom. The Hall–Kier alpha value is -4.50. The lowest BCUT2D eigenvalue weighted by molar-refractivity contribution is -0.118. The number of carbonyl (C=O) groups is 2. The van der Waals surface area contributed by atoms with Gasteiger partial charge in [0.1, 0.15) is 28.8 Å². The number of carbonyl (C=O) groups excluding carboxylic acids is 2. The van der Waals surface area contributed by atoms with E-state index in [-0.39, 0.29) is 65.5 Å². The molecule has 0 spiro atoms. The monoisotopic (exact) mass is 818 g/mol. The predicted molar refractivity (Wildman–Crippen MR) is 218 cm³/mol. The van der Waals surface area contributed by atoms with Crippen LogP contribution in [0.2, 0.25) is 0 Å². The number of benzene rings is 2. The number of aliphatic hydroxyl groups excluding tert-OH is 1. The minimum Gasteiger partial charge on any atom is -0.507 e. The lowest BCUT2D eigenvalue weighted by Gasteiger charge is -2.22. The van der Waals surface area contributed by atoms with Gasteiger partial charge >= 0.3 is 5.97 Å². The fourth-order valence-electron chi connectivity index (χ4n) is 7.46. The molecule has 3 aliphatic heterocycles. The molecule has 4 heterocycles. The summed E-state index contributed by atoms with van der Waals surface area (Å²) in [6.45, 7) is 2.60. The molecule has 1 aromatic heterocycles. The van der Waals surface area contributed by atoms with E-state index in [9.17, 15) is 24.6 Å². The first kappa shape index (κ1) is 39.7. The van der Waals surface area contributed by atoms with E-state index in [4.69, 9.17) is 25.8 Å². The van der Waals surface area contributed by atoms with E-state index >= 15 is 0 Å². The van der Waals surface area contributed by atoms with Gasteiger partial charge in [-0.3, -0.25) is 19.1 Å². The molecule has 12 nitrogen and oxygen atoms in total. The normalized spacial score (nSPS) is 16.8. The number of pyridine rings is 1. The minimum atomic E-state index is -1.00. The number of unbranched alkanes of at least 4 members (excludes halogenated alkanes) is 2. The summed E-state index contributed by atoms with van der Waals surface area (Å²) in [6.07, 6.45) is 5.73. The van der Waals surface area contributed by atoms with Crippen LogP contribution in [0.1, 0.15) is 84.8 Å². The van der Waals surface area contributed by atoms with Crippen LogP contribution in [0.5, 0.6) is 17.4 Å². The van der Waals surface area contributed by atoms with Gasteiger partial charge in [0, 0.05) is 58.9 Å². The van der Waals surface area contributed by atoms with Crippen molar-refractivity contribution in [3.05, 3.63) is 93.7 Å². The first-order chi connectivity index (χ1) is 27.2. The van der Waals surface area contributed by atoms with Crippen LogP contribution in [0.15, 0.2) is 70.7 Å².